The maximum atomic E-state index is 12.7. The number of ether oxygens (including phenoxy) is 3. The van der Waals surface area contributed by atoms with Crippen molar-refractivity contribution in [2.45, 2.75) is 55.6 Å². The average molecular weight is 362 g/mol. The maximum absolute atomic E-state index is 12.7. The van der Waals surface area contributed by atoms with Crippen molar-refractivity contribution in [2.75, 3.05) is 14.2 Å². The quantitative estimate of drug-likeness (QED) is 0.438. The van der Waals surface area contributed by atoms with Gasteiger partial charge in [-0.2, -0.15) is 0 Å². The first kappa shape index (κ1) is 16.1. The highest BCUT2D eigenvalue weighted by Crippen LogP contribution is 2.88. The summed E-state index contributed by atoms with van der Waals surface area (Å²) in [6.45, 7) is 7.05. The minimum atomic E-state index is -1.65. The van der Waals surface area contributed by atoms with Crippen LogP contribution in [-0.4, -0.2) is 45.4 Å². The molecule has 5 aliphatic rings. The summed E-state index contributed by atoms with van der Waals surface area (Å²) in [7, 11) is 1.16. The first-order valence-electron chi connectivity index (χ1n) is 9.36. The van der Waals surface area contributed by atoms with Crippen molar-refractivity contribution < 1.29 is 23.8 Å². The van der Waals surface area contributed by atoms with Crippen LogP contribution in [0.1, 0.15) is 19.3 Å². The van der Waals surface area contributed by atoms with Crippen LogP contribution in [0.3, 0.4) is 0 Å². The summed E-state index contributed by atoms with van der Waals surface area (Å²) < 4.78 is 16.8. The SMILES string of the molecule is COC(=O)C1=C(C(=O)OC)[C@H]2C([Si](C)(C)C)[C@H]1[C@@]13O[C@@]21[C@H]1CC[C@H]3C1. The van der Waals surface area contributed by atoms with Crippen molar-refractivity contribution in [3.8, 4) is 0 Å². The fraction of sp³-hybridized carbons (Fsp3) is 0.789. The lowest BCUT2D eigenvalue weighted by Crippen LogP contribution is -2.42. The highest BCUT2D eigenvalue weighted by atomic mass is 28.3. The molecule has 0 amide bonds. The summed E-state index contributed by atoms with van der Waals surface area (Å²) >= 11 is 0. The number of fused-ring (bicyclic) bond motifs is 4. The predicted molar refractivity (Wildman–Crippen MR) is 92.5 cm³/mol. The number of carbonyl (C=O) groups is 2. The summed E-state index contributed by atoms with van der Waals surface area (Å²) in [5, 5.41) is 0. The standard InChI is InChI=1S/C19H26O5Si/c1-22-16(20)11-12(17(21)23-2)14-15(25(3,4)5)13(11)18-9-6-7-10(8-9)19(14,18)24-18/h9-10,13-15H,6-8H2,1-5H3/t9-,10-,13-,14-,15?,18-,19+/m0/s1. The first-order valence-corrected chi connectivity index (χ1v) is 12.9. The average Bonchev–Trinajstić information content (AvgIpc) is 2.92. The van der Waals surface area contributed by atoms with Crippen LogP contribution in [0.4, 0.5) is 0 Å². The van der Waals surface area contributed by atoms with Gasteiger partial charge < -0.3 is 14.2 Å². The second kappa shape index (κ2) is 4.39. The van der Waals surface area contributed by atoms with Gasteiger partial charge in [-0.3, -0.25) is 0 Å². The van der Waals surface area contributed by atoms with Gasteiger partial charge in [-0.05, 0) is 36.6 Å². The molecule has 7 atom stereocenters. The normalized spacial score (nSPS) is 48.4. The Kier molecular flexibility index (Phi) is 2.82. The lowest BCUT2D eigenvalue weighted by Gasteiger charge is -2.36. The van der Waals surface area contributed by atoms with Crippen LogP contribution in [0, 0.1) is 23.7 Å². The van der Waals surface area contributed by atoms with Gasteiger partial charge in [0.05, 0.1) is 25.4 Å². The highest BCUT2D eigenvalue weighted by molar-refractivity contribution is 6.78. The minimum absolute atomic E-state index is 0.0148. The second-order valence-electron chi connectivity index (χ2n) is 9.55. The van der Waals surface area contributed by atoms with E-state index >= 15 is 0 Å². The third-order valence-corrected chi connectivity index (χ3v) is 10.6. The van der Waals surface area contributed by atoms with E-state index in [1.54, 1.807) is 0 Å². The lowest BCUT2D eigenvalue weighted by atomic mass is 9.69. The third-order valence-electron chi connectivity index (χ3n) is 7.92. The van der Waals surface area contributed by atoms with Crippen LogP contribution in [0.2, 0.25) is 25.2 Å². The van der Waals surface area contributed by atoms with Crippen molar-refractivity contribution in [2.24, 2.45) is 23.7 Å². The monoisotopic (exact) mass is 362 g/mol. The van der Waals surface area contributed by atoms with Gasteiger partial charge in [0, 0.05) is 19.9 Å². The molecule has 6 heteroatoms. The van der Waals surface area contributed by atoms with E-state index in [-0.39, 0.29) is 35.0 Å². The summed E-state index contributed by atoms with van der Waals surface area (Å²) in [4.78, 5) is 25.5. The highest BCUT2D eigenvalue weighted by Gasteiger charge is 2.95. The molecular formula is C19H26O5Si. The Bertz CT molecular complexity index is 685. The van der Waals surface area contributed by atoms with Crippen molar-refractivity contribution in [3.05, 3.63) is 11.1 Å². The molecule has 5 nitrogen and oxygen atoms in total. The largest absolute Gasteiger partial charge is 0.466 e. The van der Waals surface area contributed by atoms with E-state index in [9.17, 15) is 9.59 Å². The maximum Gasteiger partial charge on any atom is 0.334 e. The molecule has 0 aromatic rings. The van der Waals surface area contributed by atoms with E-state index in [1.807, 2.05) is 0 Å². The van der Waals surface area contributed by atoms with Crippen LogP contribution in [0.25, 0.3) is 0 Å². The molecule has 0 N–H and O–H groups in total. The van der Waals surface area contributed by atoms with Gasteiger partial charge in [-0.25, -0.2) is 9.59 Å². The molecule has 0 radical (unpaired) electrons. The Hall–Kier alpha value is -1.14. The molecule has 1 saturated heterocycles. The van der Waals surface area contributed by atoms with Crippen LogP contribution in [-0.2, 0) is 23.8 Å². The van der Waals surface area contributed by atoms with Crippen molar-refractivity contribution >= 4 is 20.0 Å². The second-order valence-corrected chi connectivity index (χ2v) is 15.0. The van der Waals surface area contributed by atoms with E-state index in [4.69, 9.17) is 14.2 Å². The van der Waals surface area contributed by atoms with Gasteiger partial charge in [-0.15, -0.1) is 0 Å². The summed E-state index contributed by atoms with van der Waals surface area (Å²) in [5.41, 5.74) is 1.10. The topological polar surface area (TPSA) is 65.1 Å². The predicted octanol–water partition coefficient (Wildman–Crippen LogP) is 2.53. The Morgan fingerprint density at radius 2 is 1.40 bits per heavy atom. The third kappa shape index (κ3) is 1.45. The number of carbonyl (C=O) groups excluding carboxylic acids is 2. The van der Waals surface area contributed by atoms with Gasteiger partial charge in [0.2, 0.25) is 0 Å². The van der Waals surface area contributed by atoms with Gasteiger partial charge >= 0.3 is 11.9 Å². The summed E-state index contributed by atoms with van der Waals surface area (Å²) in [6.07, 6.45) is 3.57. The number of hydrogen-bond donors (Lipinski definition) is 0. The summed E-state index contributed by atoms with van der Waals surface area (Å²) in [5.74, 6) is 0.368. The Labute approximate surface area is 149 Å². The van der Waals surface area contributed by atoms with E-state index in [0.29, 0.717) is 28.5 Å². The van der Waals surface area contributed by atoms with Crippen molar-refractivity contribution in [3.63, 3.8) is 0 Å². The molecule has 136 valence electrons. The minimum Gasteiger partial charge on any atom is -0.466 e. The zero-order valence-corrected chi connectivity index (χ0v) is 16.5. The van der Waals surface area contributed by atoms with Gasteiger partial charge in [0.15, 0.2) is 0 Å². The Morgan fingerprint density at radius 3 is 1.76 bits per heavy atom. The van der Waals surface area contributed by atoms with E-state index in [0.717, 1.165) is 0 Å². The molecule has 1 aliphatic heterocycles. The van der Waals surface area contributed by atoms with Crippen LogP contribution >= 0.6 is 0 Å². The smallest absolute Gasteiger partial charge is 0.334 e. The molecule has 1 unspecified atom stereocenters. The number of rotatable bonds is 3. The first-order chi connectivity index (χ1) is 11.8. The molecule has 0 aromatic heterocycles. The van der Waals surface area contributed by atoms with Crippen LogP contribution in [0.5, 0.6) is 0 Å². The fourth-order valence-electron chi connectivity index (χ4n) is 7.48. The van der Waals surface area contributed by atoms with E-state index in [1.165, 1.54) is 33.5 Å². The van der Waals surface area contributed by atoms with Gasteiger partial charge in [0.25, 0.3) is 0 Å². The molecule has 4 bridgehead atoms. The van der Waals surface area contributed by atoms with Gasteiger partial charge in [-0.1, -0.05) is 19.6 Å². The molecule has 5 rings (SSSR count). The molecule has 4 fully saturated rings. The number of methoxy groups -OCH3 is 2. The molecule has 3 saturated carbocycles. The number of esters is 2. The Morgan fingerprint density at radius 1 is 0.960 bits per heavy atom. The number of epoxide rings is 1. The molecular weight excluding hydrogens is 336 g/mol. The Balaban J connectivity index is 1.75. The molecule has 25 heavy (non-hydrogen) atoms. The molecule has 0 aromatic carbocycles. The van der Waals surface area contributed by atoms with Crippen molar-refractivity contribution in [1.82, 2.24) is 0 Å². The van der Waals surface area contributed by atoms with E-state index < -0.39 is 8.07 Å². The van der Waals surface area contributed by atoms with E-state index in [2.05, 4.69) is 19.6 Å². The molecule has 1 heterocycles. The number of hydrogen-bond acceptors (Lipinski definition) is 5. The zero-order chi connectivity index (χ0) is 17.9. The van der Waals surface area contributed by atoms with Gasteiger partial charge in [0.1, 0.15) is 11.2 Å². The lowest BCUT2D eigenvalue weighted by molar-refractivity contribution is -0.140. The molecule has 4 aliphatic carbocycles. The van der Waals surface area contributed by atoms with Crippen molar-refractivity contribution in [1.29, 1.82) is 0 Å². The van der Waals surface area contributed by atoms with Crippen LogP contribution in [0.15, 0.2) is 11.1 Å². The zero-order valence-electron chi connectivity index (χ0n) is 15.5. The fourth-order valence-corrected chi connectivity index (χ4v) is 10.3. The molecule has 0 spiro atoms. The van der Waals surface area contributed by atoms with Crippen LogP contribution < -0.4 is 0 Å². The summed E-state index contributed by atoms with van der Waals surface area (Å²) in [6, 6.07) is 0.